The molecule has 1 rings (SSSR count). The molecule has 72 valence electrons. The lowest BCUT2D eigenvalue weighted by Crippen LogP contribution is -2.22. The smallest absolute Gasteiger partial charge is 0.0855 e. The van der Waals surface area contributed by atoms with Crippen molar-refractivity contribution in [2.45, 2.75) is 25.2 Å². The van der Waals surface area contributed by atoms with Crippen LogP contribution < -0.4 is 0 Å². The van der Waals surface area contributed by atoms with E-state index in [1.165, 1.54) is 0 Å². The fraction of sp³-hybridized carbons (Fsp3) is 0.333. The molecule has 1 unspecified atom stereocenters. The molecule has 1 aromatic heterocycles. The van der Waals surface area contributed by atoms with Gasteiger partial charge in [-0.15, -0.1) is 6.58 Å². The number of aromatic nitrogens is 1. The predicted octanol–water partition coefficient (Wildman–Crippen LogP) is 2.83. The van der Waals surface area contributed by atoms with Gasteiger partial charge in [-0.1, -0.05) is 13.0 Å². The molecule has 0 saturated heterocycles. The molecular weight excluding hydrogens is 172 g/mol. The van der Waals surface area contributed by atoms with Gasteiger partial charge in [-0.3, -0.25) is 4.98 Å². The number of rotatable bonds is 4. The SMILES string of the molecule is C=CCC(C#N)(CC)c1ccncc1. The molecule has 14 heavy (non-hydrogen) atoms. The zero-order chi connectivity index (χ0) is 10.4. The zero-order valence-corrected chi connectivity index (χ0v) is 8.40. The topological polar surface area (TPSA) is 36.7 Å². The standard InChI is InChI=1S/C12H14N2/c1-3-7-12(4-2,10-13)11-5-8-14-9-6-11/h3,5-6,8-9H,1,4,7H2,2H3. The summed E-state index contributed by atoms with van der Waals surface area (Å²) in [4.78, 5) is 3.95. The van der Waals surface area contributed by atoms with Crippen LogP contribution in [0.3, 0.4) is 0 Å². The molecule has 1 heterocycles. The number of allylic oxidation sites excluding steroid dienone is 1. The van der Waals surface area contributed by atoms with Crippen LogP contribution in [0.5, 0.6) is 0 Å². The van der Waals surface area contributed by atoms with E-state index in [4.69, 9.17) is 0 Å². The van der Waals surface area contributed by atoms with E-state index in [1.54, 1.807) is 18.5 Å². The third-order valence-corrected chi connectivity index (χ3v) is 2.54. The van der Waals surface area contributed by atoms with Crippen molar-refractivity contribution in [3.63, 3.8) is 0 Å². The second-order valence-corrected chi connectivity index (χ2v) is 3.28. The molecule has 0 aliphatic carbocycles. The number of hydrogen-bond acceptors (Lipinski definition) is 2. The van der Waals surface area contributed by atoms with Crippen molar-refractivity contribution in [1.82, 2.24) is 4.98 Å². The van der Waals surface area contributed by atoms with Crippen LogP contribution in [-0.4, -0.2) is 4.98 Å². The van der Waals surface area contributed by atoms with Crippen LogP contribution in [0.15, 0.2) is 37.2 Å². The number of pyridine rings is 1. The first-order valence-electron chi connectivity index (χ1n) is 4.71. The minimum Gasteiger partial charge on any atom is -0.265 e. The van der Waals surface area contributed by atoms with E-state index < -0.39 is 5.41 Å². The van der Waals surface area contributed by atoms with Gasteiger partial charge in [0, 0.05) is 12.4 Å². The maximum atomic E-state index is 9.24. The summed E-state index contributed by atoms with van der Waals surface area (Å²) in [5.74, 6) is 0. The second kappa shape index (κ2) is 4.57. The highest BCUT2D eigenvalue weighted by Gasteiger charge is 2.28. The van der Waals surface area contributed by atoms with Crippen LogP contribution in [0.2, 0.25) is 0 Å². The highest BCUT2D eigenvalue weighted by atomic mass is 14.6. The quantitative estimate of drug-likeness (QED) is 0.678. The van der Waals surface area contributed by atoms with Gasteiger partial charge in [-0.05, 0) is 30.5 Å². The molecule has 0 N–H and O–H groups in total. The minimum absolute atomic E-state index is 0.426. The van der Waals surface area contributed by atoms with Gasteiger partial charge in [-0.2, -0.15) is 5.26 Å². The van der Waals surface area contributed by atoms with Gasteiger partial charge in [0.05, 0.1) is 11.5 Å². The average molecular weight is 186 g/mol. The van der Waals surface area contributed by atoms with E-state index in [0.29, 0.717) is 6.42 Å². The van der Waals surface area contributed by atoms with Crippen molar-refractivity contribution in [3.8, 4) is 6.07 Å². The van der Waals surface area contributed by atoms with Crippen molar-refractivity contribution in [3.05, 3.63) is 42.7 Å². The van der Waals surface area contributed by atoms with Crippen LogP contribution in [-0.2, 0) is 5.41 Å². The first-order valence-corrected chi connectivity index (χ1v) is 4.71. The van der Waals surface area contributed by atoms with E-state index in [-0.39, 0.29) is 0 Å². The van der Waals surface area contributed by atoms with Crippen LogP contribution in [0, 0.1) is 11.3 Å². The Morgan fingerprint density at radius 2 is 2.21 bits per heavy atom. The molecule has 0 amide bonds. The van der Waals surface area contributed by atoms with Crippen LogP contribution in [0.4, 0.5) is 0 Å². The van der Waals surface area contributed by atoms with Crippen molar-refractivity contribution < 1.29 is 0 Å². The van der Waals surface area contributed by atoms with E-state index in [2.05, 4.69) is 17.6 Å². The lowest BCUT2D eigenvalue weighted by Gasteiger charge is -2.23. The minimum atomic E-state index is -0.426. The van der Waals surface area contributed by atoms with E-state index in [1.807, 2.05) is 19.1 Å². The van der Waals surface area contributed by atoms with E-state index in [0.717, 1.165) is 12.0 Å². The Kier molecular flexibility index (Phi) is 3.41. The molecule has 2 heteroatoms. The molecule has 0 saturated carbocycles. The normalized spacial score (nSPS) is 14.0. The van der Waals surface area contributed by atoms with Crippen molar-refractivity contribution >= 4 is 0 Å². The Balaban J connectivity index is 3.12. The first-order chi connectivity index (χ1) is 6.79. The highest BCUT2D eigenvalue weighted by Crippen LogP contribution is 2.30. The van der Waals surface area contributed by atoms with Crippen molar-refractivity contribution in [2.24, 2.45) is 0 Å². The van der Waals surface area contributed by atoms with Gasteiger partial charge in [0.2, 0.25) is 0 Å². The third-order valence-electron chi connectivity index (χ3n) is 2.54. The van der Waals surface area contributed by atoms with Gasteiger partial charge >= 0.3 is 0 Å². The zero-order valence-electron chi connectivity index (χ0n) is 8.40. The molecule has 2 nitrogen and oxygen atoms in total. The molecule has 1 atom stereocenters. The summed E-state index contributed by atoms with van der Waals surface area (Å²) >= 11 is 0. The lowest BCUT2D eigenvalue weighted by atomic mass is 9.77. The van der Waals surface area contributed by atoms with E-state index in [9.17, 15) is 5.26 Å². The summed E-state index contributed by atoms with van der Waals surface area (Å²) in [5.41, 5.74) is 0.599. The molecule has 0 spiro atoms. The maximum absolute atomic E-state index is 9.24. The van der Waals surface area contributed by atoms with E-state index >= 15 is 0 Å². The fourth-order valence-electron chi connectivity index (χ4n) is 1.57. The number of nitrogens with zero attached hydrogens (tertiary/aromatic N) is 2. The molecule has 0 aromatic carbocycles. The van der Waals surface area contributed by atoms with Crippen molar-refractivity contribution in [1.29, 1.82) is 5.26 Å². The predicted molar refractivity (Wildman–Crippen MR) is 56.6 cm³/mol. The number of hydrogen-bond donors (Lipinski definition) is 0. The third kappa shape index (κ3) is 1.82. The van der Waals surface area contributed by atoms with Crippen LogP contribution >= 0.6 is 0 Å². The Morgan fingerprint density at radius 3 is 2.64 bits per heavy atom. The molecule has 0 bridgehead atoms. The van der Waals surface area contributed by atoms with Crippen LogP contribution in [0.25, 0.3) is 0 Å². The maximum Gasteiger partial charge on any atom is 0.0855 e. The number of nitriles is 1. The van der Waals surface area contributed by atoms with Gasteiger partial charge in [0.25, 0.3) is 0 Å². The van der Waals surface area contributed by atoms with Gasteiger partial charge in [0.1, 0.15) is 0 Å². The van der Waals surface area contributed by atoms with Gasteiger partial charge < -0.3 is 0 Å². The summed E-state index contributed by atoms with van der Waals surface area (Å²) in [7, 11) is 0. The summed E-state index contributed by atoms with van der Waals surface area (Å²) in [6, 6.07) is 6.18. The Morgan fingerprint density at radius 1 is 1.57 bits per heavy atom. The van der Waals surface area contributed by atoms with Crippen LogP contribution in [0.1, 0.15) is 25.3 Å². The Hall–Kier alpha value is -1.62. The molecule has 0 aliphatic rings. The summed E-state index contributed by atoms with van der Waals surface area (Å²) < 4.78 is 0. The highest BCUT2D eigenvalue weighted by molar-refractivity contribution is 5.31. The first kappa shape index (κ1) is 10.5. The Bertz CT molecular complexity index is 337. The molecule has 0 aliphatic heterocycles. The molecular formula is C12H14N2. The molecule has 0 radical (unpaired) electrons. The average Bonchev–Trinajstić information content (AvgIpc) is 2.27. The monoisotopic (exact) mass is 186 g/mol. The summed E-state index contributed by atoms with van der Waals surface area (Å²) in [6.45, 7) is 5.72. The van der Waals surface area contributed by atoms with Gasteiger partial charge in [0.15, 0.2) is 0 Å². The molecule has 0 fully saturated rings. The molecule has 1 aromatic rings. The van der Waals surface area contributed by atoms with Gasteiger partial charge in [-0.25, -0.2) is 0 Å². The Labute approximate surface area is 84.9 Å². The summed E-state index contributed by atoms with van der Waals surface area (Å²) in [5, 5.41) is 9.24. The lowest BCUT2D eigenvalue weighted by molar-refractivity contribution is 0.536. The largest absolute Gasteiger partial charge is 0.265 e. The second-order valence-electron chi connectivity index (χ2n) is 3.28. The summed E-state index contributed by atoms with van der Waals surface area (Å²) in [6.07, 6.45) is 6.72. The fourth-order valence-corrected chi connectivity index (χ4v) is 1.57. The van der Waals surface area contributed by atoms with Crippen molar-refractivity contribution in [2.75, 3.05) is 0 Å².